The molecule has 28 heavy (non-hydrogen) atoms. The fourth-order valence-electron chi connectivity index (χ4n) is 2.43. The summed E-state index contributed by atoms with van der Waals surface area (Å²) in [5.74, 6) is -0.428. The van der Waals surface area contributed by atoms with E-state index in [2.05, 4.69) is 37.7 Å². The zero-order valence-electron chi connectivity index (χ0n) is 15.2. The summed E-state index contributed by atoms with van der Waals surface area (Å²) in [6.45, 7) is 4.00. The average molecular weight is 503 g/mol. The second-order valence-electron chi connectivity index (χ2n) is 6.13. The molecule has 0 aliphatic rings. The van der Waals surface area contributed by atoms with Crippen LogP contribution in [0.2, 0.25) is 0 Å². The molecule has 2 aromatic carbocycles. The van der Waals surface area contributed by atoms with Crippen LogP contribution in [-0.4, -0.2) is 36.6 Å². The Hall–Kier alpha value is -1.49. The number of nitrogens with one attached hydrogen (secondary N) is 2. The van der Waals surface area contributed by atoms with Crippen molar-refractivity contribution < 1.29 is 4.79 Å². The summed E-state index contributed by atoms with van der Waals surface area (Å²) in [6, 6.07) is 15.4. The van der Waals surface area contributed by atoms with E-state index in [1.54, 1.807) is 6.08 Å². The Labute approximate surface area is 188 Å². The number of benzene rings is 2. The summed E-state index contributed by atoms with van der Waals surface area (Å²) in [7, 11) is 0. The molecule has 8 heteroatoms. The number of nitrogens with zero attached hydrogens (tertiary/aromatic N) is 1. The molecular formula is C20H19Cl3N3OSe. The molecule has 2 rings (SSSR count). The number of carbonyl (C=O) groups is 1. The molecule has 0 saturated heterocycles. The molecule has 0 aliphatic carbocycles. The molecule has 1 atom stereocenters. The Balaban J connectivity index is 2.11. The predicted octanol–water partition coefficient (Wildman–Crippen LogP) is 4.77. The maximum absolute atomic E-state index is 12.2. The van der Waals surface area contributed by atoms with Crippen molar-refractivity contribution in [3.8, 4) is 0 Å². The molecule has 0 fully saturated rings. The summed E-state index contributed by atoms with van der Waals surface area (Å²) in [5.41, 5.74) is 3.93. The van der Waals surface area contributed by atoms with Crippen molar-refractivity contribution in [3.05, 3.63) is 71.3 Å². The van der Waals surface area contributed by atoms with Crippen LogP contribution in [0.5, 0.6) is 0 Å². The third kappa shape index (κ3) is 7.86. The van der Waals surface area contributed by atoms with Crippen molar-refractivity contribution in [1.29, 1.82) is 0 Å². The van der Waals surface area contributed by atoms with Gasteiger partial charge in [0.2, 0.25) is 0 Å². The monoisotopic (exact) mass is 502 g/mol. The summed E-state index contributed by atoms with van der Waals surface area (Å²) >= 11 is 20.8. The Morgan fingerprint density at radius 3 is 2.29 bits per heavy atom. The van der Waals surface area contributed by atoms with Gasteiger partial charge in [0.05, 0.1) is 0 Å². The van der Waals surface area contributed by atoms with Gasteiger partial charge in [-0.2, -0.15) is 0 Å². The number of hydrogen-bond donors (Lipinski definition) is 2. The molecule has 0 bridgehead atoms. The molecule has 1 amide bonds. The number of carbonyl (C=O) groups excluding carboxylic acids is 1. The topological polar surface area (TPSA) is 53.5 Å². The maximum atomic E-state index is 12.2. The molecule has 0 aromatic heterocycles. The van der Waals surface area contributed by atoms with Crippen molar-refractivity contribution in [3.63, 3.8) is 0 Å². The van der Waals surface area contributed by atoms with Gasteiger partial charge in [-0.25, -0.2) is 0 Å². The minimum absolute atomic E-state index is 0.383. The number of amidine groups is 1. The predicted molar refractivity (Wildman–Crippen MR) is 120 cm³/mol. The first kappa shape index (κ1) is 22.8. The first-order valence-corrected chi connectivity index (χ1v) is 10.3. The van der Waals surface area contributed by atoms with Gasteiger partial charge in [-0.1, -0.05) is 0 Å². The van der Waals surface area contributed by atoms with Gasteiger partial charge < -0.3 is 0 Å². The van der Waals surface area contributed by atoms with Gasteiger partial charge in [-0.15, -0.1) is 0 Å². The number of alkyl halides is 3. The van der Waals surface area contributed by atoms with Crippen LogP contribution in [-0.2, 0) is 4.79 Å². The molecular weight excluding hydrogens is 484 g/mol. The molecule has 147 valence electrons. The zero-order valence-corrected chi connectivity index (χ0v) is 19.2. The fourth-order valence-corrected chi connectivity index (χ4v) is 3.20. The van der Waals surface area contributed by atoms with Crippen molar-refractivity contribution >= 4 is 73.2 Å². The molecule has 4 nitrogen and oxygen atoms in total. The van der Waals surface area contributed by atoms with Crippen molar-refractivity contribution in [2.45, 2.75) is 23.8 Å². The molecule has 1 radical (unpaired) electrons. The second-order valence-corrected chi connectivity index (χ2v) is 9.31. The van der Waals surface area contributed by atoms with Crippen molar-refractivity contribution in [2.24, 2.45) is 4.99 Å². The van der Waals surface area contributed by atoms with E-state index in [1.165, 1.54) is 6.08 Å². The van der Waals surface area contributed by atoms with Crippen LogP contribution in [0.25, 0.3) is 6.08 Å². The standard InChI is InChI=1S/C20H19Cl3N3OSe/c1-13-10-14(2)12-16(11-13)24-19(28)26-18(20(21,22)23)25-17(27)9-8-15-6-4-3-5-7-15/h3-12,18H,1-2H3,(H,24,26)(H,25,27)/b9-8+. The number of aliphatic imine (C=N–C) groups is 1. The third-order valence-electron chi connectivity index (χ3n) is 3.54. The number of halogens is 3. The SMILES string of the molecule is Cc1cc(C)cc(NC([Se])=NC(NC(=O)/C=C/c2ccccc2)C(Cl)(Cl)Cl)c1. The third-order valence-corrected chi connectivity index (χ3v) is 4.59. The summed E-state index contributed by atoms with van der Waals surface area (Å²) in [6.07, 6.45) is 1.95. The van der Waals surface area contributed by atoms with Gasteiger partial charge in [-0.05, 0) is 0 Å². The zero-order chi connectivity index (χ0) is 20.7. The van der Waals surface area contributed by atoms with Crippen LogP contribution in [0, 0.1) is 13.8 Å². The van der Waals surface area contributed by atoms with E-state index in [1.807, 2.05) is 56.3 Å². The van der Waals surface area contributed by atoms with E-state index in [9.17, 15) is 4.79 Å². The van der Waals surface area contributed by atoms with Gasteiger partial charge in [0, 0.05) is 0 Å². The Kier molecular flexibility index (Phi) is 8.41. The van der Waals surface area contributed by atoms with E-state index < -0.39 is 15.9 Å². The van der Waals surface area contributed by atoms with E-state index >= 15 is 0 Å². The first-order chi connectivity index (χ1) is 13.1. The molecule has 1 unspecified atom stereocenters. The van der Waals surface area contributed by atoms with Gasteiger partial charge in [-0.3, -0.25) is 0 Å². The fraction of sp³-hybridized carbons (Fsp3) is 0.200. The normalized spacial score (nSPS) is 13.4. The minimum atomic E-state index is -1.82. The Morgan fingerprint density at radius 2 is 1.71 bits per heavy atom. The van der Waals surface area contributed by atoms with E-state index in [4.69, 9.17) is 34.8 Å². The molecule has 2 N–H and O–H groups in total. The summed E-state index contributed by atoms with van der Waals surface area (Å²) < 4.78 is -1.44. The van der Waals surface area contributed by atoms with Crippen LogP contribution in [0.4, 0.5) is 5.69 Å². The molecule has 0 spiro atoms. The molecule has 0 aliphatic heterocycles. The Morgan fingerprint density at radius 1 is 1.11 bits per heavy atom. The van der Waals surface area contributed by atoms with E-state index in [-0.39, 0.29) is 0 Å². The second kappa shape index (κ2) is 10.3. The first-order valence-electron chi connectivity index (χ1n) is 8.34. The van der Waals surface area contributed by atoms with Gasteiger partial charge in [0.15, 0.2) is 0 Å². The number of hydrogen-bond acceptors (Lipinski definition) is 2. The van der Waals surface area contributed by atoms with Gasteiger partial charge in [0.25, 0.3) is 0 Å². The number of amides is 1. The number of rotatable bonds is 5. The molecule has 2 aromatic rings. The van der Waals surface area contributed by atoms with Gasteiger partial charge >= 0.3 is 189 Å². The summed E-state index contributed by atoms with van der Waals surface area (Å²) in [5, 5.41) is 5.70. The summed E-state index contributed by atoms with van der Waals surface area (Å²) in [4.78, 5) is 16.5. The van der Waals surface area contributed by atoms with Crippen molar-refractivity contribution in [1.82, 2.24) is 5.32 Å². The quantitative estimate of drug-likeness (QED) is 0.204. The molecule has 0 saturated carbocycles. The van der Waals surface area contributed by atoms with Crippen LogP contribution >= 0.6 is 34.8 Å². The van der Waals surface area contributed by atoms with Crippen LogP contribution in [0.15, 0.2) is 59.6 Å². The number of anilines is 1. The van der Waals surface area contributed by atoms with Gasteiger partial charge in [0.1, 0.15) is 0 Å². The Bertz CT molecular complexity index is 860. The van der Waals surface area contributed by atoms with E-state index in [0.717, 1.165) is 22.4 Å². The van der Waals surface area contributed by atoms with E-state index in [0.29, 0.717) is 4.73 Å². The average Bonchev–Trinajstić information content (AvgIpc) is 2.58. The van der Waals surface area contributed by atoms with Crippen molar-refractivity contribution in [2.75, 3.05) is 5.32 Å². The molecule has 0 heterocycles. The van der Waals surface area contributed by atoms with Crippen LogP contribution in [0.1, 0.15) is 16.7 Å². The number of aryl methyl sites for hydroxylation is 2. The van der Waals surface area contributed by atoms with Crippen LogP contribution in [0.3, 0.4) is 0 Å². The van der Waals surface area contributed by atoms with Crippen LogP contribution < -0.4 is 10.6 Å².